The molecule has 1 amide bonds. The Hall–Kier alpha value is -3.15. The third-order valence-corrected chi connectivity index (χ3v) is 3.27. The van der Waals surface area contributed by atoms with Crippen LogP contribution in [0.4, 0.5) is 5.69 Å². The Labute approximate surface area is 139 Å². The predicted octanol–water partition coefficient (Wildman–Crippen LogP) is 2.78. The van der Waals surface area contributed by atoms with Crippen LogP contribution in [0.15, 0.2) is 48.5 Å². The highest BCUT2D eigenvalue weighted by molar-refractivity contribution is 6.02. The van der Waals surface area contributed by atoms with Gasteiger partial charge in [0.2, 0.25) is 11.7 Å². The molecule has 2 aromatic carbocycles. The van der Waals surface area contributed by atoms with E-state index in [-0.39, 0.29) is 23.0 Å². The zero-order chi connectivity index (χ0) is 17.7. The molecule has 0 aromatic heterocycles. The van der Waals surface area contributed by atoms with Crippen LogP contribution in [0.2, 0.25) is 0 Å². The number of rotatable bonds is 5. The number of carbonyl (C=O) groups excluding carboxylic acids is 3. The molecule has 0 heterocycles. The summed E-state index contributed by atoms with van der Waals surface area (Å²) >= 11 is 0. The highest BCUT2D eigenvalue weighted by Crippen LogP contribution is 2.18. The number of hydrogen-bond donors (Lipinski definition) is 2. The summed E-state index contributed by atoms with van der Waals surface area (Å²) in [5, 5.41) is 12.2. The van der Waals surface area contributed by atoms with Crippen molar-refractivity contribution in [3.05, 3.63) is 59.7 Å². The van der Waals surface area contributed by atoms with Gasteiger partial charge in [-0.1, -0.05) is 12.1 Å². The van der Waals surface area contributed by atoms with Crippen LogP contribution in [0.5, 0.6) is 5.75 Å². The maximum atomic E-state index is 12.3. The molecule has 6 heteroatoms. The number of phenols is 1. The maximum absolute atomic E-state index is 12.3. The molecule has 0 aliphatic heterocycles. The molecule has 0 fully saturated rings. The van der Waals surface area contributed by atoms with E-state index in [1.165, 1.54) is 38.1 Å². The minimum atomic E-state index is -1.01. The molecule has 2 rings (SSSR count). The summed E-state index contributed by atoms with van der Waals surface area (Å²) in [5.41, 5.74) is 0.915. The van der Waals surface area contributed by atoms with Crippen LogP contribution in [0.25, 0.3) is 0 Å². The highest BCUT2D eigenvalue weighted by atomic mass is 16.5. The Balaban J connectivity index is 2.05. The number of aromatic hydroxyl groups is 1. The average molecular weight is 327 g/mol. The SMILES string of the molecule is CC(=O)Nc1ccc(C(=O)[C@H](C)OC(=O)c2ccccc2O)cc1. The summed E-state index contributed by atoms with van der Waals surface area (Å²) in [6.07, 6.45) is -1.01. The molecule has 0 saturated heterocycles. The van der Waals surface area contributed by atoms with Gasteiger partial charge >= 0.3 is 5.97 Å². The van der Waals surface area contributed by atoms with Crippen molar-refractivity contribution >= 4 is 23.3 Å². The Kier molecular flexibility index (Phi) is 5.31. The van der Waals surface area contributed by atoms with Crippen molar-refractivity contribution in [2.45, 2.75) is 20.0 Å². The molecule has 0 unspecified atom stereocenters. The fourth-order valence-corrected chi connectivity index (χ4v) is 2.08. The molecule has 0 spiro atoms. The van der Waals surface area contributed by atoms with Crippen molar-refractivity contribution in [2.24, 2.45) is 0 Å². The Morgan fingerprint density at radius 3 is 2.25 bits per heavy atom. The molecule has 1 atom stereocenters. The van der Waals surface area contributed by atoms with E-state index < -0.39 is 12.1 Å². The van der Waals surface area contributed by atoms with Crippen LogP contribution in [0, 0.1) is 0 Å². The number of carbonyl (C=O) groups is 3. The lowest BCUT2D eigenvalue weighted by atomic mass is 10.1. The third kappa shape index (κ3) is 4.19. The number of para-hydroxylation sites is 1. The summed E-state index contributed by atoms with van der Waals surface area (Å²) in [4.78, 5) is 35.3. The zero-order valence-corrected chi connectivity index (χ0v) is 13.3. The van der Waals surface area contributed by atoms with E-state index in [4.69, 9.17) is 4.74 Å². The van der Waals surface area contributed by atoms with E-state index in [1.54, 1.807) is 24.3 Å². The number of esters is 1. The third-order valence-electron chi connectivity index (χ3n) is 3.27. The average Bonchev–Trinajstić information content (AvgIpc) is 2.54. The summed E-state index contributed by atoms with van der Waals surface area (Å²) in [5.74, 6) is -1.57. The van der Waals surface area contributed by atoms with E-state index >= 15 is 0 Å². The molecule has 0 aliphatic carbocycles. The number of phenolic OH excluding ortho intramolecular Hbond substituents is 1. The zero-order valence-electron chi connectivity index (χ0n) is 13.3. The first-order valence-corrected chi connectivity index (χ1v) is 7.29. The Morgan fingerprint density at radius 1 is 1.04 bits per heavy atom. The summed E-state index contributed by atoms with van der Waals surface area (Å²) < 4.78 is 5.11. The molecule has 124 valence electrons. The van der Waals surface area contributed by atoms with Gasteiger partial charge in [-0.25, -0.2) is 4.79 Å². The van der Waals surface area contributed by atoms with Gasteiger partial charge in [0.15, 0.2) is 6.10 Å². The van der Waals surface area contributed by atoms with Gasteiger partial charge in [-0.15, -0.1) is 0 Å². The largest absolute Gasteiger partial charge is 0.507 e. The van der Waals surface area contributed by atoms with Crippen LogP contribution in [-0.4, -0.2) is 28.9 Å². The normalized spacial score (nSPS) is 11.4. The predicted molar refractivity (Wildman–Crippen MR) is 88.1 cm³/mol. The second kappa shape index (κ2) is 7.41. The van der Waals surface area contributed by atoms with Gasteiger partial charge in [-0.2, -0.15) is 0 Å². The number of Topliss-reactive ketones (excluding diaryl/α,β-unsaturated/α-hetero) is 1. The van der Waals surface area contributed by atoms with Gasteiger partial charge in [-0.3, -0.25) is 9.59 Å². The highest BCUT2D eigenvalue weighted by Gasteiger charge is 2.21. The lowest BCUT2D eigenvalue weighted by Crippen LogP contribution is -2.24. The monoisotopic (exact) mass is 327 g/mol. The first-order chi connectivity index (χ1) is 11.4. The van der Waals surface area contributed by atoms with E-state index in [9.17, 15) is 19.5 Å². The number of benzene rings is 2. The first-order valence-electron chi connectivity index (χ1n) is 7.29. The number of nitrogens with one attached hydrogen (secondary N) is 1. The minimum absolute atomic E-state index is 0.00171. The minimum Gasteiger partial charge on any atom is -0.507 e. The molecule has 2 N–H and O–H groups in total. The molecule has 2 aromatic rings. The molecule has 0 aliphatic rings. The fourth-order valence-electron chi connectivity index (χ4n) is 2.08. The molecular weight excluding hydrogens is 310 g/mol. The van der Waals surface area contributed by atoms with Gasteiger partial charge < -0.3 is 15.2 Å². The number of ketones is 1. The smallest absolute Gasteiger partial charge is 0.342 e. The topological polar surface area (TPSA) is 92.7 Å². The van der Waals surface area contributed by atoms with Gasteiger partial charge in [0.05, 0.1) is 0 Å². The number of ether oxygens (including phenoxy) is 1. The van der Waals surface area contributed by atoms with E-state index in [1.807, 2.05) is 0 Å². The van der Waals surface area contributed by atoms with Crippen LogP contribution in [0.3, 0.4) is 0 Å². The Morgan fingerprint density at radius 2 is 1.67 bits per heavy atom. The number of amides is 1. The molecular formula is C18H17NO5. The molecule has 0 saturated carbocycles. The molecule has 6 nitrogen and oxygen atoms in total. The maximum Gasteiger partial charge on any atom is 0.342 e. The molecule has 0 bridgehead atoms. The number of hydrogen-bond acceptors (Lipinski definition) is 5. The Bertz CT molecular complexity index is 767. The van der Waals surface area contributed by atoms with Gasteiger partial charge in [0, 0.05) is 18.2 Å². The second-order valence-electron chi connectivity index (χ2n) is 5.19. The van der Waals surface area contributed by atoms with Crippen molar-refractivity contribution in [3.8, 4) is 5.75 Å². The van der Waals surface area contributed by atoms with Crippen LogP contribution in [0.1, 0.15) is 34.6 Å². The summed E-state index contributed by atoms with van der Waals surface area (Å²) in [7, 11) is 0. The lowest BCUT2D eigenvalue weighted by Gasteiger charge is -2.13. The number of anilines is 1. The van der Waals surface area contributed by atoms with Gasteiger partial charge in [-0.05, 0) is 43.3 Å². The van der Waals surface area contributed by atoms with Gasteiger partial charge in [0.25, 0.3) is 0 Å². The fraction of sp³-hybridized carbons (Fsp3) is 0.167. The summed E-state index contributed by atoms with van der Waals surface area (Å²) in [6.45, 7) is 2.85. The second-order valence-corrected chi connectivity index (χ2v) is 5.19. The summed E-state index contributed by atoms with van der Waals surface area (Å²) in [6, 6.07) is 12.2. The van der Waals surface area contributed by atoms with Crippen molar-refractivity contribution in [1.29, 1.82) is 0 Å². The van der Waals surface area contributed by atoms with E-state index in [2.05, 4.69) is 5.32 Å². The van der Waals surface area contributed by atoms with Crippen molar-refractivity contribution in [2.75, 3.05) is 5.32 Å². The first kappa shape index (κ1) is 17.2. The van der Waals surface area contributed by atoms with Crippen LogP contribution < -0.4 is 5.32 Å². The van der Waals surface area contributed by atoms with Crippen molar-refractivity contribution in [1.82, 2.24) is 0 Å². The van der Waals surface area contributed by atoms with E-state index in [0.717, 1.165) is 0 Å². The lowest BCUT2D eigenvalue weighted by molar-refractivity contribution is -0.114. The van der Waals surface area contributed by atoms with Gasteiger partial charge in [0.1, 0.15) is 11.3 Å². The van der Waals surface area contributed by atoms with Crippen molar-refractivity contribution < 1.29 is 24.2 Å². The molecule has 24 heavy (non-hydrogen) atoms. The standard InChI is InChI=1S/C18H17NO5/c1-11(24-18(23)15-5-3-4-6-16(15)21)17(22)13-7-9-14(10-8-13)19-12(2)20/h3-11,21H,1-2H3,(H,19,20)/t11-/m0/s1. The van der Waals surface area contributed by atoms with Crippen LogP contribution in [-0.2, 0) is 9.53 Å². The van der Waals surface area contributed by atoms with Crippen molar-refractivity contribution in [3.63, 3.8) is 0 Å². The molecule has 0 radical (unpaired) electrons. The quantitative estimate of drug-likeness (QED) is 0.651. The van der Waals surface area contributed by atoms with Crippen LogP contribution >= 0.6 is 0 Å². The van der Waals surface area contributed by atoms with E-state index in [0.29, 0.717) is 11.3 Å².